The molecule has 0 aromatic heterocycles. The molecule has 1 aliphatic carbocycles. The van der Waals surface area contributed by atoms with E-state index in [1.165, 1.54) is 0 Å². The van der Waals surface area contributed by atoms with E-state index < -0.39 is 0 Å². The number of esters is 1. The average molecular weight is 228 g/mol. The third kappa shape index (κ3) is 5.26. The van der Waals surface area contributed by atoms with Gasteiger partial charge in [0.15, 0.2) is 0 Å². The summed E-state index contributed by atoms with van der Waals surface area (Å²) in [6.45, 7) is 0. The van der Waals surface area contributed by atoms with Crippen molar-refractivity contribution >= 4 is 12.3 Å². The van der Waals surface area contributed by atoms with Crippen LogP contribution in [-0.2, 0) is 14.3 Å². The van der Waals surface area contributed by atoms with Crippen molar-refractivity contribution in [3.8, 4) is 0 Å². The van der Waals surface area contributed by atoms with Crippen LogP contribution >= 0.6 is 0 Å². The Morgan fingerprint density at radius 3 is 2.88 bits per heavy atom. The molecule has 1 fully saturated rings. The number of ether oxygens (including phenoxy) is 1. The molecular formula is C12H20O4. The minimum atomic E-state index is -0.318. The van der Waals surface area contributed by atoms with Crippen molar-refractivity contribution in [3.63, 3.8) is 0 Å². The molecule has 4 heteroatoms. The lowest BCUT2D eigenvalue weighted by Gasteiger charge is -2.25. The second-order valence-corrected chi connectivity index (χ2v) is 4.34. The molecule has 2 unspecified atom stereocenters. The molecule has 0 aromatic carbocycles. The Morgan fingerprint density at radius 1 is 1.38 bits per heavy atom. The highest BCUT2D eigenvalue weighted by molar-refractivity contribution is 5.69. The lowest BCUT2D eigenvalue weighted by molar-refractivity contribution is -0.152. The molecule has 1 rings (SSSR count). The Morgan fingerprint density at radius 2 is 2.19 bits per heavy atom. The van der Waals surface area contributed by atoms with Crippen LogP contribution < -0.4 is 0 Å². The monoisotopic (exact) mass is 228 g/mol. The smallest absolute Gasteiger partial charge is 0.306 e. The molecule has 0 saturated heterocycles. The van der Waals surface area contributed by atoms with E-state index in [1.54, 1.807) is 0 Å². The molecule has 0 radical (unpaired) electrons. The SMILES string of the molecule is O=CCCCCC(=O)OC1CCCC(O)C1. The largest absolute Gasteiger partial charge is 0.462 e. The van der Waals surface area contributed by atoms with Crippen LogP contribution in [0.15, 0.2) is 0 Å². The highest BCUT2D eigenvalue weighted by atomic mass is 16.5. The van der Waals surface area contributed by atoms with Gasteiger partial charge in [-0.05, 0) is 32.1 Å². The van der Waals surface area contributed by atoms with Crippen LogP contribution in [-0.4, -0.2) is 29.6 Å². The number of carbonyl (C=O) groups excluding carboxylic acids is 2. The summed E-state index contributed by atoms with van der Waals surface area (Å²) >= 11 is 0. The lowest BCUT2D eigenvalue weighted by Crippen LogP contribution is -2.28. The molecule has 0 aromatic rings. The number of rotatable bonds is 6. The van der Waals surface area contributed by atoms with Crippen LogP contribution in [0.2, 0.25) is 0 Å². The van der Waals surface area contributed by atoms with Gasteiger partial charge >= 0.3 is 5.97 Å². The number of hydrogen-bond donors (Lipinski definition) is 1. The summed E-state index contributed by atoms with van der Waals surface area (Å²) in [6.07, 6.45) is 5.93. The van der Waals surface area contributed by atoms with Gasteiger partial charge in [-0.3, -0.25) is 4.79 Å². The highest BCUT2D eigenvalue weighted by Gasteiger charge is 2.22. The molecule has 92 valence electrons. The molecule has 4 nitrogen and oxygen atoms in total. The quantitative estimate of drug-likeness (QED) is 0.426. The number of aliphatic hydroxyl groups is 1. The molecule has 0 aliphatic heterocycles. The zero-order valence-electron chi connectivity index (χ0n) is 9.56. The summed E-state index contributed by atoms with van der Waals surface area (Å²) in [6, 6.07) is 0. The van der Waals surface area contributed by atoms with Crippen LogP contribution in [0.5, 0.6) is 0 Å². The van der Waals surface area contributed by atoms with Gasteiger partial charge in [0.1, 0.15) is 12.4 Å². The third-order valence-corrected chi connectivity index (χ3v) is 2.85. The molecule has 0 spiro atoms. The summed E-state index contributed by atoms with van der Waals surface area (Å²) in [5.74, 6) is -0.204. The number of aliphatic hydroxyl groups excluding tert-OH is 1. The van der Waals surface area contributed by atoms with E-state index in [0.29, 0.717) is 25.7 Å². The zero-order valence-corrected chi connectivity index (χ0v) is 9.56. The Hall–Kier alpha value is -0.900. The first-order chi connectivity index (χ1) is 7.72. The fourth-order valence-electron chi connectivity index (χ4n) is 1.97. The number of carbonyl (C=O) groups is 2. The van der Waals surface area contributed by atoms with Gasteiger partial charge < -0.3 is 14.6 Å². The van der Waals surface area contributed by atoms with Crippen LogP contribution in [0.1, 0.15) is 51.4 Å². The third-order valence-electron chi connectivity index (χ3n) is 2.85. The summed E-state index contributed by atoms with van der Waals surface area (Å²) in [5, 5.41) is 9.41. The van der Waals surface area contributed by atoms with E-state index in [-0.39, 0.29) is 18.2 Å². The number of unbranched alkanes of at least 4 members (excludes halogenated alkanes) is 2. The lowest BCUT2D eigenvalue weighted by atomic mass is 9.95. The molecular weight excluding hydrogens is 208 g/mol. The first kappa shape index (κ1) is 13.2. The molecule has 0 bridgehead atoms. The van der Waals surface area contributed by atoms with Crippen molar-refractivity contribution in [2.45, 2.75) is 63.6 Å². The molecule has 16 heavy (non-hydrogen) atoms. The fraction of sp³-hybridized carbons (Fsp3) is 0.833. The Kier molecular flexibility index (Phi) is 6.08. The maximum Gasteiger partial charge on any atom is 0.306 e. The summed E-state index contributed by atoms with van der Waals surface area (Å²) in [4.78, 5) is 21.4. The molecule has 1 aliphatic rings. The molecule has 0 heterocycles. The van der Waals surface area contributed by atoms with Crippen molar-refractivity contribution < 1.29 is 19.4 Å². The minimum Gasteiger partial charge on any atom is -0.462 e. The first-order valence-electron chi connectivity index (χ1n) is 6.03. The van der Waals surface area contributed by atoms with E-state index in [2.05, 4.69) is 0 Å². The second kappa shape index (κ2) is 7.39. The van der Waals surface area contributed by atoms with Crippen molar-refractivity contribution in [2.24, 2.45) is 0 Å². The molecule has 2 atom stereocenters. The molecule has 0 amide bonds. The summed E-state index contributed by atoms with van der Waals surface area (Å²) in [5.41, 5.74) is 0. The van der Waals surface area contributed by atoms with E-state index in [4.69, 9.17) is 4.74 Å². The number of hydrogen-bond acceptors (Lipinski definition) is 4. The standard InChI is InChI=1S/C12H20O4/c13-8-3-1-2-7-12(15)16-11-6-4-5-10(14)9-11/h8,10-11,14H,1-7,9H2. The van der Waals surface area contributed by atoms with E-state index in [0.717, 1.165) is 32.0 Å². The van der Waals surface area contributed by atoms with Gasteiger partial charge in [-0.1, -0.05) is 0 Å². The predicted molar refractivity (Wildman–Crippen MR) is 58.9 cm³/mol. The summed E-state index contributed by atoms with van der Waals surface area (Å²) < 4.78 is 5.25. The van der Waals surface area contributed by atoms with Crippen molar-refractivity contribution in [1.29, 1.82) is 0 Å². The second-order valence-electron chi connectivity index (χ2n) is 4.34. The van der Waals surface area contributed by atoms with Crippen molar-refractivity contribution in [3.05, 3.63) is 0 Å². The maximum absolute atomic E-state index is 11.4. The van der Waals surface area contributed by atoms with Gasteiger partial charge in [0.25, 0.3) is 0 Å². The average Bonchev–Trinajstić information content (AvgIpc) is 2.24. The Labute approximate surface area is 96.0 Å². The van der Waals surface area contributed by atoms with E-state index in [1.807, 2.05) is 0 Å². The van der Waals surface area contributed by atoms with Crippen LogP contribution in [0.4, 0.5) is 0 Å². The first-order valence-corrected chi connectivity index (χ1v) is 6.03. The molecule has 1 N–H and O–H groups in total. The molecule has 1 saturated carbocycles. The van der Waals surface area contributed by atoms with Gasteiger partial charge in [0, 0.05) is 19.3 Å². The normalized spacial score (nSPS) is 25.1. The van der Waals surface area contributed by atoms with Crippen LogP contribution in [0, 0.1) is 0 Å². The maximum atomic E-state index is 11.4. The van der Waals surface area contributed by atoms with E-state index >= 15 is 0 Å². The van der Waals surface area contributed by atoms with Gasteiger partial charge in [0.2, 0.25) is 0 Å². The van der Waals surface area contributed by atoms with Crippen molar-refractivity contribution in [1.82, 2.24) is 0 Å². The van der Waals surface area contributed by atoms with Crippen LogP contribution in [0.25, 0.3) is 0 Å². The zero-order chi connectivity index (χ0) is 11.8. The Bertz CT molecular complexity index is 227. The minimum absolute atomic E-state index is 0.109. The van der Waals surface area contributed by atoms with Gasteiger partial charge in [-0.2, -0.15) is 0 Å². The topological polar surface area (TPSA) is 63.6 Å². The van der Waals surface area contributed by atoms with E-state index in [9.17, 15) is 14.7 Å². The Balaban J connectivity index is 2.10. The summed E-state index contributed by atoms with van der Waals surface area (Å²) in [7, 11) is 0. The van der Waals surface area contributed by atoms with Gasteiger partial charge in [-0.25, -0.2) is 0 Å². The highest BCUT2D eigenvalue weighted by Crippen LogP contribution is 2.21. The number of aldehydes is 1. The fourth-order valence-corrected chi connectivity index (χ4v) is 1.97. The van der Waals surface area contributed by atoms with Gasteiger partial charge in [0.05, 0.1) is 6.10 Å². The van der Waals surface area contributed by atoms with Gasteiger partial charge in [-0.15, -0.1) is 0 Å². The van der Waals surface area contributed by atoms with Crippen molar-refractivity contribution in [2.75, 3.05) is 0 Å². The van der Waals surface area contributed by atoms with Crippen LogP contribution in [0.3, 0.4) is 0 Å². The predicted octanol–water partition coefficient (Wildman–Crippen LogP) is 1.59.